The van der Waals surface area contributed by atoms with Gasteiger partial charge in [0, 0.05) is 12.0 Å². The van der Waals surface area contributed by atoms with Crippen LogP contribution in [-0.4, -0.2) is 16.9 Å². The van der Waals surface area contributed by atoms with Crippen LogP contribution >= 0.6 is 35.1 Å². The molecule has 2 unspecified atom stereocenters. The van der Waals surface area contributed by atoms with E-state index in [9.17, 15) is 4.79 Å². The van der Waals surface area contributed by atoms with Crippen LogP contribution in [0.3, 0.4) is 0 Å². The van der Waals surface area contributed by atoms with E-state index in [1.165, 1.54) is 23.3 Å². The second kappa shape index (κ2) is 6.43. The molecule has 4 rings (SSSR count). The summed E-state index contributed by atoms with van der Waals surface area (Å²) in [5.74, 6) is 1.32. The van der Waals surface area contributed by atoms with E-state index in [0.29, 0.717) is 17.9 Å². The minimum Gasteiger partial charge on any atom is -0.327 e. The Morgan fingerprint density at radius 2 is 2.05 bits per heavy atom. The Morgan fingerprint density at radius 3 is 2.73 bits per heavy atom. The van der Waals surface area contributed by atoms with Crippen LogP contribution in [0.15, 0.2) is 11.4 Å². The van der Waals surface area contributed by atoms with Crippen molar-refractivity contribution in [1.82, 2.24) is 4.98 Å². The summed E-state index contributed by atoms with van der Waals surface area (Å²) < 4.78 is 1.17. The molecule has 0 radical (unpaired) electrons. The molecule has 4 nitrogen and oxygen atoms in total. The maximum atomic E-state index is 12.5. The highest BCUT2D eigenvalue weighted by atomic mass is 35.5. The van der Waals surface area contributed by atoms with Gasteiger partial charge in [-0.1, -0.05) is 17.8 Å². The highest BCUT2D eigenvalue weighted by Crippen LogP contribution is 2.42. The molecule has 2 aromatic heterocycles. The standard InChI is InChI=1S/C15H19N3OS2.ClH/c16-12-8-2-1-3-9(12)7-10(6-8)13(19)18-15-17-11-4-5-20-14(11)21-15;/h4-5,8-10,12H,1-3,6-7,16H2,(H,17,18,19);1H. The number of halogens is 1. The zero-order valence-corrected chi connectivity index (χ0v) is 14.6. The number of hydrogen-bond acceptors (Lipinski definition) is 5. The number of nitrogens with zero attached hydrogens (tertiary/aromatic N) is 1. The molecular weight excluding hydrogens is 338 g/mol. The summed E-state index contributed by atoms with van der Waals surface area (Å²) in [6.45, 7) is 0. The highest BCUT2D eigenvalue weighted by Gasteiger charge is 2.40. The van der Waals surface area contributed by atoms with Crippen molar-refractivity contribution in [3.05, 3.63) is 11.4 Å². The van der Waals surface area contributed by atoms with E-state index < -0.39 is 0 Å². The maximum Gasteiger partial charge on any atom is 0.229 e. The van der Waals surface area contributed by atoms with E-state index in [-0.39, 0.29) is 24.2 Å². The summed E-state index contributed by atoms with van der Waals surface area (Å²) in [4.78, 5) is 17.0. The van der Waals surface area contributed by atoms with Crippen LogP contribution in [0, 0.1) is 17.8 Å². The third-order valence-corrected chi connectivity index (χ3v) is 7.05. The van der Waals surface area contributed by atoms with Crippen molar-refractivity contribution in [3.63, 3.8) is 0 Å². The lowest BCUT2D eigenvalue weighted by atomic mass is 9.65. The average molecular weight is 358 g/mol. The molecule has 2 aromatic rings. The largest absolute Gasteiger partial charge is 0.327 e. The average Bonchev–Trinajstić information content (AvgIpc) is 2.99. The van der Waals surface area contributed by atoms with Crippen LogP contribution in [0.2, 0.25) is 0 Å². The van der Waals surface area contributed by atoms with Gasteiger partial charge in [0.1, 0.15) is 4.01 Å². The summed E-state index contributed by atoms with van der Waals surface area (Å²) in [6, 6.07) is 2.31. The molecule has 1 amide bonds. The highest BCUT2D eigenvalue weighted by molar-refractivity contribution is 7.39. The fourth-order valence-corrected chi connectivity index (χ4v) is 5.77. The molecule has 2 heterocycles. The van der Waals surface area contributed by atoms with Crippen LogP contribution < -0.4 is 11.1 Å². The van der Waals surface area contributed by atoms with Gasteiger partial charge in [0.15, 0.2) is 5.13 Å². The molecule has 2 aliphatic rings. The molecule has 22 heavy (non-hydrogen) atoms. The second-order valence-corrected chi connectivity index (χ2v) is 8.47. The Morgan fingerprint density at radius 1 is 1.32 bits per heavy atom. The molecule has 0 aliphatic heterocycles. The third kappa shape index (κ3) is 2.89. The molecule has 3 N–H and O–H groups in total. The second-order valence-electron chi connectivity index (χ2n) is 6.30. The quantitative estimate of drug-likeness (QED) is 0.857. The van der Waals surface area contributed by atoms with Gasteiger partial charge in [-0.2, -0.15) is 0 Å². The zero-order valence-electron chi connectivity index (χ0n) is 12.2. The van der Waals surface area contributed by atoms with Gasteiger partial charge in [0.2, 0.25) is 5.91 Å². The van der Waals surface area contributed by atoms with Crippen molar-refractivity contribution in [1.29, 1.82) is 0 Å². The Labute approximate surface area is 143 Å². The van der Waals surface area contributed by atoms with Crippen molar-refractivity contribution in [2.45, 2.75) is 38.1 Å². The molecule has 2 atom stereocenters. The first kappa shape index (κ1) is 16.2. The van der Waals surface area contributed by atoms with Gasteiger partial charge in [-0.05, 0) is 49.0 Å². The van der Waals surface area contributed by atoms with Gasteiger partial charge < -0.3 is 11.1 Å². The number of anilines is 1. The summed E-state index contributed by atoms with van der Waals surface area (Å²) in [5, 5.41) is 5.79. The minimum absolute atomic E-state index is 0. The Bertz CT molecular complexity index is 628. The SMILES string of the molecule is Cl.NC1C2CCCC1CC(C(=O)Nc1nc3ccsc3s1)C2. The van der Waals surface area contributed by atoms with Crippen molar-refractivity contribution in [2.24, 2.45) is 23.5 Å². The summed E-state index contributed by atoms with van der Waals surface area (Å²) in [7, 11) is 0. The number of rotatable bonds is 2. The van der Waals surface area contributed by atoms with Crippen molar-refractivity contribution < 1.29 is 4.79 Å². The monoisotopic (exact) mass is 357 g/mol. The van der Waals surface area contributed by atoms with Crippen molar-refractivity contribution in [2.75, 3.05) is 5.32 Å². The van der Waals surface area contributed by atoms with Crippen molar-refractivity contribution >= 4 is 55.6 Å². The van der Waals surface area contributed by atoms with Gasteiger partial charge in [-0.25, -0.2) is 4.98 Å². The molecule has 2 fully saturated rings. The number of hydrogen-bond donors (Lipinski definition) is 2. The summed E-state index contributed by atoms with van der Waals surface area (Å²) in [6.07, 6.45) is 5.55. The predicted molar refractivity (Wildman–Crippen MR) is 94.9 cm³/mol. The third-order valence-electron chi connectivity index (χ3n) is 5.04. The molecule has 0 aromatic carbocycles. The van der Waals surface area contributed by atoms with Gasteiger partial charge in [-0.15, -0.1) is 23.7 Å². The lowest BCUT2D eigenvalue weighted by Gasteiger charge is -2.43. The number of thiophene rings is 1. The fourth-order valence-electron chi connectivity index (χ4n) is 3.93. The number of fused-ring (bicyclic) bond motifs is 3. The number of carbonyl (C=O) groups excluding carboxylic acids is 1. The van der Waals surface area contributed by atoms with E-state index in [4.69, 9.17) is 5.73 Å². The molecule has 2 saturated carbocycles. The fraction of sp³-hybridized carbons (Fsp3) is 0.600. The normalized spacial score (nSPS) is 30.8. The zero-order chi connectivity index (χ0) is 14.4. The molecule has 0 spiro atoms. The first-order valence-electron chi connectivity index (χ1n) is 7.61. The van der Waals surface area contributed by atoms with E-state index >= 15 is 0 Å². The Hall–Kier alpha value is -0.690. The van der Waals surface area contributed by atoms with E-state index in [0.717, 1.165) is 23.5 Å². The lowest BCUT2D eigenvalue weighted by Crippen LogP contribution is -2.48. The number of nitrogens with two attached hydrogens (primary N) is 1. The van der Waals surface area contributed by atoms with Gasteiger partial charge >= 0.3 is 0 Å². The number of aromatic nitrogens is 1. The number of amides is 1. The minimum atomic E-state index is 0. The van der Waals surface area contributed by atoms with Gasteiger partial charge in [0.25, 0.3) is 0 Å². The molecular formula is C15H20ClN3OS2. The van der Waals surface area contributed by atoms with E-state index in [1.807, 2.05) is 11.4 Å². The summed E-state index contributed by atoms with van der Waals surface area (Å²) >= 11 is 3.24. The smallest absolute Gasteiger partial charge is 0.229 e. The van der Waals surface area contributed by atoms with Gasteiger partial charge in [-0.3, -0.25) is 4.79 Å². The van der Waals surface area contributed by atoms with Crippen LogP contribution in [0.25, 0.3) is 9.53 Å². The number of thiazole rings is 1. The molecule has 0 saturated heterocycles. The predicted octanol–water partition coefficient (Wildman–Crippen LogP) is 3.87. The van der Waals surface area contributed by atoms with Crippen LogP contribution in [-0.2, 0) is 4.79 Å². The van der Waals surface area contributed by atoms with Crippen molar-refractivity contribution in [3.8, 4) is 0 Å². The Kier molecular flexibility index (Phi) is 4.73. The molecule has 2 bridgehead atoms. The Balaban J connectivity index is 0.00000144. The first-order chi connectivity index (χ1) is 10.2. The van der Waals surface area contributed by atoms with Crippen LogP contribution in [0.1, 0.15) is 32.1 Å². The van der Waals surface area contributed by atoms with Crippen LogP contribution in [0.5, 0.6) is 0 Å². The maximum absolute atomic E-state index is 12.5. The van der Waals surface area contributed by atoms with E-state index in [2.05, 4.69) is 10.3 Å². The molecule has 120 valence electrons. The number of nitrogens with one attached hydrogen (secondary N) is 1. The lowest BCUT2D eigenvalue weighted by molar-refractivity contribution is -0.122. The first-order valence-corrected chi connectivity index (χ1v) is 9.31. The van der Waals surface area contributed by atoms with Gasteiger partial charge in [0.05, 0.1) is 5.52 Å². The van der Waals surface area contributed by atoms with E-state index in [1.54, 1.807) is 22.7 Å². The summed E-state index contributed by atoms with van der Waals surface area (Å²) in [5.41, 5.74) is 7.28. The topological polar surface area (TPSA) is 68.0 Å². The molecule has 7 heteroatoms. The van der Waals surface area contributed by atoms with Crippen LogP contribution in [0.4, 0.5) is 5.13 Å². The molecule has 2 aliphatic carbocycles. The number of carbonyl (C=O) groups is 1.